The maximum Gasteiger partial charge on any atom is 0.223 e. The molecule has 0 N–H and O–H groups in total. The minimum atomic E-state index is 0.854. The second-order valence-corrected chi connectivity index (χ2v) is 16.3. The van der Waals surface area contributed by atoms with Gasteiger partial charge in [0.1, 0.15) is 5.57 Å². The van der Waals surface area contributed by atoms with Gasteiger partial charge >= 0.3 is 0 Å². The van der Waals surface area contributed by atoms with Gasteiger partial charge < -0.3 is 5.53 Å². The Morgan fingerprint density at radius 2 is 0.889 bits per heavy atom. The molecule has 0 unspecified atom stereocenters. The van der Waals surface area contributed by atoms with Crippen molar-refractivity contribution < 1.29 is 4.70 Å². The number of benzene rings is 2. The minimum absolute atomic E-state index is 0.854. The monoisotopic (exact) mass is 733 g/mol. The van der Waals surface area contributed by atoms with Crippen LogP contribution in [0.15, 0.2) is 59.7 Å². The summed E-state index contributed by atoms with van der Waals surface area (Å²) < 4.78 is 1.47. The maximum absolute atomic E-state index is 12.0. The Morgan fingerprint density at radius 3 is 1.39 bits per heavy atom. The lowest BCUT2D eigenvalue weighted by atomic mass is 9.94. The summed E-state index contributed by atoms with van der Waals surface area (Å²) in [6.07, 6.45) is 39.4. The van der Waals surface area contributed by atoms with Crippen molar-refractivity contribution in [1.82, 2.24) is 0 Å². The molecule has 0 fully saturated rings. The Balaban J connectivity index is 1.41. The van der Waals surface area contributed by atoms with Gasteiger partial charge in [0.25, 0.3) is 0 Å². The van der Waals surface area contributed by atoms with E-state index in [2.05, 4.69) is 88.1 Å². The fraction of sp³-hybridized carbons (Fsp3) is 0.654. The van der Waals surface area contributed by atoms with Crippen LogP contribution in [0.2, 0.25) is 0 Å². The van der Waals surface area contributed by atoms with Crippen molar-refractivity contribution in [2.45, 2.75) is 220 Å². The van der Waals surface area contributed by atoms with Crippen molar-refractivity contribution in [1.29, 1.82) is 0 Å². The van der Waals surface area contributed by atoms with Crippen molar-refractivity contribution in [3.8, 4) is 11.8 Å². The van der Waals surface area contributed by atoms with Crippen molar-refractivity contribution in [3.05, 3.63) is 87.5 Å². The lowest BCUT2D eigenvalue weighted by molar-refractivity contribution is -0.345. The molecule has 1 heterocycles. The third kappa shape index (κ3) is 17.3. The Bertz CT molecular complexity index is 1450. The van der Waals surface area contributed by atoms with E-state index in [-0.39, 0.29) is 0 Å². The normalized spacial score (nSPS) is 12.9. The van der Waals surface area contributed by atoms with Crippen LogP contribution in [-0.4, -0.2) is 4.70 Å². The standard InChI is InChI=1S/C52H80N2/c1-5-9-12-13-14-15-16-17-18-19-20-21-22-23-24-25-26-27-28-29-30-31-32-33-42-50-49(41-11-7-3)52(48-40-35-38-46(44-48)36-10-6-2)54(53)51(50)47-39-34-37-45(8-4)43-47/h34-35,37-40,43-44H,5-32,36,41H2,1-4H3. The lowest BCUT2D eigenvalue weighted by Crippen LogP contribution is -2.03. The Morgan fingerprint density at radius 1 is 0.463 bits per heavy atom. The predicted molar refractivity (Wildman–Crippen MR) is 237 cm³/mol. The van der Waals surface area contributed by atoms with Crippen LogP contribution in [0, 0.1) is 11.8 Å². The zero-order valence-corrected chi connectivity index (χ0v) is 35.7. The number of unbranched alkanes of at least 4 members (excludes halogenated alkanes) is 24. The van der Waals surface area contributed by atoms with Gasteiger partial charge in [-0.1, -0.05) is 211 Å². The Kier molecular flexibility index (Phi) is 24.7. The third-order valence-electron chi connectivity index (χ3n) is 11.5. The van der Waals surface area contributed by atoms with Gasteiger partial charge in [0.05, 0.1) is 0 Å². The first-order valence-electron chi connectivity index (χ1n) is 23.3. The number of nitrogens with zero attached hydrogens (tertiary/aromatic N) is 2. The summed E-state index contributed by atoms with van der Waals surface area (Å²) in [7, 11) is 0. The first-order chi connectivity index (χ1) is 26.6. The largest absolute Gasteiger partial charge is 0.493 e. The summed E-state index contributed by atoms with van der Waals surface area (Å²) in [6, 6.07) is 17.5. The van der Waals surface area contributed by atoms with Crippen LogP contribution in [0.25, 0.3) is 16.9 Å². The second kappa shape index (κ2) is 29.4. The highest BCUT2D eigenvalue weighted by molar-refractivity contribution is 5.85. The molecule has 54 heavy (non-hydrogen) atoms. The molecular weight excluding hydrogens is 653 g/mol. The minimum Gasteiger partial charge on any atom is -0.493 e. The summed E-state index contributed by atoms with van der Waals surface area (Å²) in [6.45, 7) is 8.99. The van der Waals surface area contributed by atoms with E-state index in [1.807, 2.05) is 0 Å². The molecule has 0 spiro atoms. The van der Waals surface area contributed by atoms with Crippen molar-refractivity contribution in [2.75, 3.05) is 0 Å². The molecule has 0 atom stereocenters. The summed E-state index contributed by atoms with van der Waals surface area (Å²) in [5.41, 5.74) is 20.7. The van der Waals surface area contributed by atoms with Crippen LogP contribution < -0.4 is 0 Å². The molecule has 1 aliphatic rings. The van der Waals surface area contributed by atoms with Gasteiger partial charge in [0, 0.05) is 23.1 Å². The van der Waals surface area contributed by atoms with E-state index < -0.39 is 0 Å². The van der Waals surface area contributed by atoms with Gasteiger partial charge in [-0.2, -0.15) is 0 Å². The fourth-order valence-corrected chi connectivity index (χ4v) is 8.07. The quantitative estimate of drug-likeness (QED) is 0.0419. The zero-order valence-electron chi connectivity index (χ0n) is 35.7. The molecule has 0 aromatic heterocycles. The van der Waals surface area contributed by atoms with E-state index in [9.17, 15) is 5.53 Å². The molecule has 0 amide bonds. The average molecular weight is 733 g/mol. The second-order valence-electron chi connectivity index (χ2n) is 16.3. The first-order valence-corrected chi connectivity index (χ1v) is 23.3. The van der Waals surface area contributed by atoms with Crippen LogP contribution in [0.3, 0.4) is 0 Å². The molecule has 0 saturated carbocycles. The van der Waals surface area contributed by atoms with E-state index in [4.69, 9.17) is 0 Å². The summed E-state index contributed by atoms with van der Waals surface area (Å²) in [5, 5.41) is 0. The summed E-state index contributed by atoms with van der Waals surface area (Å²) >= 11 is 0. The molecule has 2 aromatic carbocycles. The lowest BCUT2D eigenvalue weighted by Gasteiger charge is -2.11. The van der Waals surface area contributed by atoms with Crippen LogP contribution in [0.5, 0.6) is 0 Å². The molecule has 2 aromatic rings. The first kappa shape index (κ1) is 45.5. The Hall–Kier alpha value is -2.92. The van der Waals surface area contributed by atoms with E-state index in [1.165, 1.54) is 169 Å². The van der Waals surface area contributed by atoms with Gasteiger partial charge in [-0.15, -0.1) is 0 Å². The van der Waals surface area contributed by atoms with Gasteiger partial charge in [0.15, 0.2) is 0 Å². The molecular formula is C52H80N2. The molecule has 0 aliphatic carbocycles. The van der Waals surface area contributed by atoms with Crippen molar-refractivity contribution >= 4 is 11.4 Å². The molecule has 0 saturated heterocycles. The molecule has 2 nitrogen and oxygen atoms in total. The third-order valence-corrected chi connectivity index (χ3v) is 11.5. The van der Waals surface area contributed by atoms with Crippen LogP contribution in [0.4, 0.5) is 0 Å². The highest BCUT2D eigenvalue weighted by Crippen LogP contribution is 2.42. The van der Waals surface area contributed by atoms with E-state index in [1.54, 1.807) is 0 Å². The highest BCUT2D eigenvalue weighted by Gasteiger charge is 2.35. The van der Waals surface area contributed by atoms with E-state index in [0.717, 1.165) is 73.0 Å². The van der Waals surface area contributed by atoms with Crippen LogP contribution in [-0.2, 0) is 12.8 Å². The van der Waals surface area contributed by atoms with Gasteiger partial charge in [-0.3, -0.25) is 0 Å². The molecule has 0 radical (unpaired) electrons. The number of aryl methyl sites for hydroxylation is 2. The number of rotatable bonds is 31. The van der Waals surface area contributed by atoms with Crippen molar-refractivity contribution in [2.24, 2.45) is 0 Å². The van der Waals surface area contributed by atoms with Gasteiger partial charge in [-0.25, -0.2) is 4.70 Å². The molecule has 1 aliphatic heterocycles. The highest BCUT2D eigenvalue weighted by atomic mass is 15.2. The van der Waals surface area contributed by atoms with Gasteiger partial charge in [-0.05, 0) is 73.9 Å². The smallest absolute Gasteiger partial charge is 0.223 e. The van der Waals surface area contributed by atoms with Crippen LogP contribution in [0.1, 0.15) is 230 Å². The maximum atomic E-state index is 12.0. The number of hydrogen-bond acceptors (Lipinski definition) is 0. The molecule has 2 heteroatoms. The van der Waals surface area contributed by atoms with Crippen LogP contribution >= 0.6 is 0 Å². The van der Waals surface area contributed by atoms with Gasteiger partial charge in [0.2, 0.25) is 11.4 Å². The number of allylic oxidation sites excluding steroid dienone is 2. The van der Waals surface area contributed by atoms with E-state index in [0.29, 0.717) is 0 Å². The zero-order chi connectivity index (χ0) is 38.5. The molecule has 298 valence electrons. The predicted octanol–water partition coefficient (Wildman–Crippen LogP) is 16.9. The van der Waals surface area contributed by atoms with E-state index >= 15 is 0 Å². The Labute approximate surface area is 334 Å². The SMILES string of the molecule is CCCCCCCCCCCCCCCCCCCCCCCCC#CC1=C(c2cccc(CC)c2)[N+](=[N-])C(c2cccc(CCCC)c2)=C1CCCC. The topological polar surface area (TPSA) is 25.3 Å². The average Bonchev–Trinajstić information content (AvgIpc) is 3.47. The molecule has 0 bridgehead atoms. The summed E-state index contributed by atoms with van der Waals surface area (Å²) in [5.74, 6) is 7.22. The number of hydrogen-bond donors (Lipinski definition) is 0. The van der Waals surface area contributed by atoms with Crippen molar-refractivity contribution in [3.63, 3.8) is 0 Å². The fourth-order valence-electron chi connectivity index (χ4n) is 8.07. The molecule has 3 rings (SSSR count). The summed E-state index contributed by atoms with van der Waals surface area (Å²) in [4.78, 5) is 0.